The number of nitrogens with two attached hydrogens (primary N) is 1. The summed E-state index contributed by atoms with van der Waals surface area (Å²) in [5.74, 6) is -0.0946. The summed E-state index contributed by atoms with van der Waals surface area (Å²) >= 11 is 0. The van der Waals surface area contributed by atoms with E-state index in [1.54, 1.807) is 4.31 Å². The van der Waals surface area contributed by atoms with Gasteiger partial charge in [-0.05, 0) is 38.0 Å². The van der Waals surface area contributed by atoms with Crippen molar-refractivity contribution in [3.05, 3.63) is 18.2 Å². The maximum Gasteiger partial charge on any atom is 0.243 e. The molecule has 1 aliphatic rings. The van der Waals surface area contributed by atoms with E-state index in [2.05, 4.69) is 0 Å². The molecular formula is C13H20N2O3S. The molecule has 2 rings (SSSR count). The maximum atomic E-state index is 12.6. The molecule has 6 heteroatoms. The van der Waals surface area contributed by atoms with Crippen molar-refractivity contribution in [3.8, 4) is 5.75 Å². The van der Waals surface area contributed by atoms with Gasteiger partial charge in [0.2, 0.25) is 10.0 Å². The Kier molecular flexibility index (Phi) is 4.01. The first kappa shape index (κ1) is 14.1. The lowest BCUT2D eigenvalue weighted by molar-refractivity contribution is 0.342. The highest BCUT2D eigenvalue weighted by atomic mass is 32.2. The lowest BCUT2D eigenvalue weighted by Gasteiger charge is -2.26. The van der Waals surface area contributed by atoms with Gasteiger partial charge >= 0.3 is 0 Å². The largest absolute Gasteiger partial charge is 0.506 e. The molecule has 1 atom stereocenters. The Morgan fingerprint density at radius 2 is 2.05 bits per heavy atom. The van der Waals surface area contributed by atoms with Crippen LogP contribution in [0, 0.1) is 0 Å². The second kappa shape index (κ2) is 5.38. The number of benzene rings is 1. The van der Waals surface area contributed by atoms with Crippen LogP contribution in [0.2, 0.25) is 0 Å². The second-order valence-corrected chi connectivity index (χ2v) is 6.93. The van der Waals surface area contributed by atoms with Crippen LogP contribution in [0.1, 0.15) is 32.6 Å². The molecule has 1 saturated heterocycles. The molecule has 0 aromatic heterocycles. The number of anilines is 1. The lowest BCUT2D eigenvalue weighted by atomic mass is 10.1. The minimum atomic E-state index is -3.53. The summed E-state index contributed by atoms with van der Waals surface area (Å²) < 4.78 is 26.8. The summed E-state index contributed by atoms with van der Waals surface area (Å²) in [5, 5.41) is 9.38. The molecule has 3 N–H and O–H groups in total. The number of nitrogens with zero attached hydrogens (tertiary/aromatic N) is 1. The minimum Gasteiger partial charge on any atom is -0.506 e. The summed E-state index contributed by atoms with van der Waals surface area (Å²) in [6.07, 6.45) is 3.89. The quantitative estimate of drug-likeness (QED) is 0.642. The molecule has 5 nitrogen and oxygen atoms in total. The highest BCUT2D eigenvalue weighted by molar-refractivity contribution is 7.89. The van der Waals surface area contributed by atoms with E-state index in [9.17, 15) is 13.5 Å². The Morgan fingerprint density at radius 1 is 1.32 bits per heavy atom. The average molecular weight is 284 g/mol. The third-order valence-corrected chi connectivity index (χ3v) is 5.61. The molecular weight excluding hydrogens is 264 g/mol. The molecule has 1 fully saturated rings. The SMILES string of the molecule is CC1CCCCCN1S(=O)(=O)c1ccc(O)c(N)c1. The topological polar surface area (TPSA) is 83.6 Å². The molecule has 0 spiro atoms. The Hall–Kier alpha value is -1.27. The van der Waals surface area contributed by atoms with Gasteiger partial charge in [-0.2, -0.15) is 4.31 Å². The first-order valence-electron chi connectivity index (χ1n) is 6.53. The van der Waals surface area contributed by atoms with Gasteiger partial charge in [0.25, 0.3) is 0 Å². The summed E-state index contributed by atoms with van der Waals surface area (Å²) in [7, 11) is -3.53. The van der Waals surface area contributed by atoms with Crippen LogP contribution in [0.5, 0.6) is 5.75 Å². The fourth-order valence-corrected chi connectivity index (χ4v) is 4.17. The van der Waals surface area contributed by atoms with Crippen molar-refractivity contribution >= 4 is 15.7 Å². The van der Waals surface area contributed by atoms with Crippen molar-refractivity contribution < 1.29 is 13.5 Å². The van der Waals surface area contributed by atoms with Crippen molar-refractivity contribution in [2.24, 2.45) is 0 Å². The third-order valence-electron chi connectivity index (χ3n) is 3.60. The first-order valence-corrected chi connectivity index (χ1v) is 7.97. The molecule has 19 heavy (non-hydrogen) atoms. The van der Waals surface area contributed by atoms with E-state index >= 15 is 0 Å². The lowest BCUT2D eigenvalue weighted by Crippen LogP contribution is -2.38. The van der Waals surface area contributed by atoms with Gasteiger partial charge in [-0.1, -0.05) is 12.8 Å². The van der Waals surface area contributed by atoms with E-state index in [0.29, 0.717) is 6.54 Å². The first-order chi connectivity index (χ1) is 8.93. The van der Waals surface area contributed by atoms with E-state index in [4.69, 9.17) is 5.73 Å². The van der Waals surface area contributed by atoms with Crippen molar-refractivity contribution in [2.45, 2.75) is 43.5 Å². The van der Waals surface area contributed by atoms with Gasteiger partial charge in [0.05, 0.1) is 10.6 Å². The summed E-state index contributed by atoms with van der Waals surface area (Å²) in [5.41, 5.74) is 5.67. The molecule has 1 aliphatic heterocycles. The second-order valence-electron chi connectivity index (χ2n) is 5.03. The van der Waals surface area contributed by atoms with Gasteiger partial charge in [-0.25, -0.2) is 8.42 Å². The van der Waals surface area contributed by atoms with Crippen LogP contribution in [-0.2, 0) is 10.0 Å². The fourth-order valence-electron chi connectivity index (χ4n) is 2.43. The fraction of sp³-hybridized carbons (Fsp3) is 0.538. The van der Waals surface area contributed by atoms with Gasteiger partial charge in [0.15, 0.2) is 0 Å². The predicted molar refractivity (Wildman–Crippen MR) is 74.3 cm³/mol. The molecule has 1 aromatic rings. The van der Waals surface area contributed by atoms with Crippen molar-refractivity contribution in [2.75, 3.05) is 12.3 Å². The van der Waals surface area contributed by atoms with Gasteiger partial charge in [-0.3, -0.25) is 0 Å². The highest BCUT2D eigenvalue weighted by Crippen LogP contribution is 2.28. The van der Waals surface area contributed by atoms with Crippen molar-refractivity contribution in [1.82, 2.24) is 4.31 Å². The van der Waals surface area contributed by atoms with Crippen LogP contribution in [0.4, 0.5) is 5.69 Å². The zero-order valence-corrected chi connectivity index (χ0v) is 11.9. The normalized spacial score (nSPS) is 22.1. The smallest absolute Gasteiger partial charge is 0.243 e. The molecule has 0 radical (unpaired) electrons. The van der Waals surface area contributed by atoms with Crippen LogP contribution < -0.4 is 5.73 Å². The number of phenolic OH excluding ortho intramolecular Hbond substituents is 1. The standard InChI is InChI=1S/C13H20N2O3S/c1-10-5-3-2-4-8-15(10)19(17,18)11-6-7-13(16)12(14)9-11/h6-7,9-10,16H,2-5,8,14H2,1H3. The Bertz CT molecular complexity index is 557. The van der Waals surface area contributed by atoms with E-state index < -0.39 is 10.0 Å². The number of hydrogen-bond acceptors (Lipinski definition) is 4. The average Bonchev–Trinajstić information content (AvgIpc) is 2.57. The Labute approximate surface area is 114 Å². The van der Waals surface area contributed by atoms with Gasteiger partial charge < -0.3 is 10.8 Å². The van der Waals surface area contributed by atoms with E-state index in [-0.39, 0.29) is 22.4 Å². The number of nitrogen functional groups attached to an aromatic ring is 1. The summed E-state index contributed by atoms with van der Waals surface area (Å²) in [6, 6.07) is 4.05. The van der Waals surface area contributed by atoms with Gasteiger partial charge in [-0.15, -0.1) is 0 Å². The minimum absolute atomic E-state index is 0.00234. The molecule has 0 amide bonds. The van der Waals surface area contributed by atoms with Crippen molar-refractivity contribution in [1.29, 1.82) is 0 Å². The molecule has 1 aromatic carbocycles. The van der Waals surface area contributed by atoms with Gasteiger partial charge in [0, 0.05) is 12.6 Å². The zero-order valence-electron chi connectivity index (χ0n) is 11.0. The van der Waals surface area contributed by atoms with E-state index in [1.807, 2.05) is 6.92 Å². The van der Waals surface area contributed by atoms with E-state index in [0.717, 1.165) is 25.7 Å². The highest BCUT2D eigenvalue weighted by Gasteiger charge is 2.30. The Balaban J connectivity index is 2.37. The molecule has 106 valence electrons. The van der Waals surface area contributed by atoms with E-state index in [1.165, 1.54) is 18.2 Å². The number of sulfonamides is 1. The van der Waals surface area contributed by atoms with Gasteiger partial charge in [0.1, 0.15) is 5.75 Å². The van der Waals surface area contributed by atoms with Crippen LogP contribution >= 0.6 is 0 Å². The summed E-state index contributed by atoms with van der Waals surface area (Å²) in [4.78, 5) is 0.150. The number of aromatic hydroxyl groups is 1. The maximum absolute atomic E-state index is 12.6. The van der Waals surface area contributed by atoms with Crippen LogP contribution in [-0.4, -0.2) is 30.4 Å². The van der Waals surface area contributed by atoms with Crippen LogP contribution in [0.15, 0.2) is 23.1 Å². The molecule has 0 saturated carbocycles. The Morgan fingerprint density at radius 3 is 2.74 bits per heavy atom. The molecule has 0 bridgehead atoms. The van der Waals surface area contributed by atoms with Crippen LogP contribution in [0.25, 0.3) is 0 Å². The zero-order chi connectivity index (χ0) is 14.0. The molecule has 0 aliphatic carbocycles. The molecule has 1 unspecified atom stereocenters. The van der Waals surface area contributed by atoms with Crippen LogP contribution in [0.3, 0.4) is 0 Å². The predicted octanol–water partition coefficient (Wildman–Crippen LogP) is 1.93. The molecule has 1 heterocycles. The number of rotatable bonds is 2. The summed E-state index contributed by atoms with van der Waals surface area (Å²) in [6.45, 7) is 2.48. The van der Waals surface area contributed by atoms with Crippen molar-refractivity contribution in [3.63, 3.8) is 0 Å². The number of phenols is 1. The third kappa shape index (κ3) is 2.84. The number of hydrogen-bond donors (Lipinski definition) is 2. The monoisotopic (exact) mass is 284 g/mol.